The fourth-order valence-corrected chi connectivity index (χ4v) is 0.901. The summed E-state index contributed by atoms with van der Waals surface area (Å²) in [5.74, 6) is -0.882. The molecule has 0 unspecified atom stereocenters. The van der Waals surface area contributed by atoms with Crippen molar-refractivity contribution in [1.29, 1.82) is 0 Å². The van der Waals surface area contributed by atoms with Gasteiger partial charge in [-0.1, -0.05) is 0 Å². The van der Waals surface area contributed by atoms with Gasteiger partial charge in [-0.05, 0) is 6.54 Å². The second-order valence-corrected chi connectivity index (χ2v) is 2.49. The fraction of sp³-hybridized carbons (Fsp3) is 0.286. The summed E-state index contributed by atoms with van der Waals surface area (Å²) in [5, 5.41) is 0. The zero-order chi connectivity index (χ0) is 9.84. The highest BCUT2D eigenvalue weighted by Crippen LogP contribution is 1.91. The molecule has 0 saturated carbocycles. The van der Waals surface area contributed by atoms with Gasteiger partial charge in [-0.3, -0.25) is 9.59 Å². The average Bonchev–Trinajstić information content (AvgIpc) is 2.03. The maximum absolute atomic E-state index is 10.9. The van der Waals surface area contributed by atoms with E-state index in [-0.39, 0.29) is 5.82 Å². The molecule has 1 aromatic rings. The minimum absolute atomic E-state index is 0.129. The van der Waals surface area contributed by atoms with E-state index in [1.165, 1.54) is 6.07 Å². The van der Waals surface area contributed by atoms with Gasteiger partial charge in [-0.25, -0.2) is 4.98 Å². The number of nitrogens with zero attached hydrogens (tertiary/aromatic N) is 1. The Labute approximate surface area is 74.0 Å². The van der Waals surface area contributed by atoms with Gasteiger partial charge in [0.2, 0.25) is 0 Å². The highest BCUT2D eigenvalue weighted by molar-refractivity contribution is 5.88. The van der Waals surface area contributed by atoms with Gasteiger partial charge in [-0.15, -0.1) is 0 Å². The number of nitrogens with two attached hydrogens (primary N) is 2. The second kappa shape index (κ2) is 3.81. The summed E-state index contributed by atoms with van der Waals surface area (Å²) in [7, 11) is 0. The number of hydrogen-bond donors (Lipinski definition) is 3. The average molecular weight is 182 g/mol. The molecule has 70 valence electrons. The summed E-state index contributed by atoms with van der Waals surface area (Å²) in [5.41, 5.74) is 10.3. The first-order chi connectivity index (χ1) is 6.13. The van der Waals surface area contributed by atoms with Crippen LogP contribution in [-0.4, -0.2) is 22.4 Å². The van der Waals surface area contributed by atoms with E-state index in [2.05, 4.69) is 9.97 Å². The van der Waals surface area contributed by atoms with Crippen molar-refractivity contribution >= 4 is 5.91 Å². The van der Waals surface area contributed by atoms with E-state index in [9.17, 15) is 9.59 Å². The molecule has 6 nitrogen and oxygen atoms in total. The van der Waals surface area contributed by atoms with Gasteiger partial charge >= 0.3 is 0 Å². The predicted octanol–water partition coefficient (Wildman–Crippen LogP) is -1.63. The number of carbonyl (C=O) groups excluding carboxylic acids is 1. The van der Waals surface area contributed by atoms with Crippen LogP contribution in [-0.2, 0) is 6.42 Å². The Morgan fingerprint density at radius 3 is 2.85 bits per heavy atom. The van der Waals surface area contributed by atoms with Gasteiger partial charge in [0.15, 0.2) is 5.82 Å². The largest absolute Gasteiger partial charge is 0.363 e. The molecule has 0 saturated heterocycles. The summed E-state index contributed by atoms with van der Waals surface area (Å²) in [4.78, 5) is 27.7. The Balaban J connectivity index is 3.11. The van der Waals surface area contributed by atoms with Crippen LogP contribution in [0.3, 0.4) is 0 Å². The van der Waals surface area contributed by atoms with Crippen molar-refractivity contribution in [3.8, 4) is 0 Å². The summed E-state index contributed by atoms with van der Waals surface area (Å²) >= 11 is 0. The second-order valence-electron chi connectivity index (χ2n) is 2.49. The fourth-order valence-electron chi connectivity index (χ4n) is 0.901. The smallest absolute Gasteiger partial charge is 0.284 e. The third-order valence-electron chi connectivity index (χ3n) is 1.43. The van der Waals surface area contributed by atoms with Crippen LogP contribution in [0.15, 0.2) is 10.9 Å². The Kier molecular flexibility index (Phi) is 2.76. The number of carbonyl (C=O) groups is 1. The highest BCUT2D eigenvalue weighted by Gasteiger charge is 2.05. The minimum Gasteiger partial charge on any atom is -0.363 e. The molecule has 0 aromatic carbocycles. The molecule has 13 heavy (non-hydrogen) atoms. The lowest BCUT2D eigenvalue weighted by Gasteiger charge is -1.98. The first-order valence-corrected chi connectivity index (χ1v) is 3.73. The van der Waals surface area contributed by atoms with Crippen LogP contribution < -0.4 is 17.0 Å². The lowest BCUT2D eigenvalue weighted by atomic mass is 10.3. The van der Waals surface area contributed by atoms with Gasteiger partial charge in [-0.2, -0.15) is 0 Å². The van der Waals surface area contributed by atoms with E-state index in [4.69, 9.17) is 11.5 Å². The Morgan fingerprint density at radius 2 is 2.31 bits per heavy atom. The lowest BCUT2D eigenvalue weighted by Crippen LogP contribution is -2.22. The number of aromatic nitrogens is 2. The molecular formula is C7H10N4O2. The van der Waals surface area contributed by atoms with Gasteiger partial charge in [0.1, 0.15) is 0 Å². The number of H-pyrrole nitrogens is 1. The number of hydrogen-bond acceptors (Lipinski definition) is 4. The minimum atomic E-state index is -0.754. The van der Waals surface area contributed by atoms with Crippen molar-refractivity contribution in [1.82, 2.24) is 9.97 Å². The molecule has 0 bridgehead atoms. The van der Waals surface area contributed by atoms with Crippen molar-refractivity contribution in [2.24, 2.45) is 11.5 Å². The monoisotopic (exact) mass is 182 g/mol. The molecule has 0 aliphatic rings. The van der Waals surface area contributed by atoms with Crippen LogP contribution in [0.5, 0.6) is 0 Å². The Bertz CT molecular complexity index is 371. The molecule has 1 amide bonds. The summed E-state index contributed by atoms with van der Waals surface area (Å²) < 4.78 is 0. The number of rotatable bonds is 3. The van der Waals surface area contributed by atoms with Gasteiger partial charge in [0.25, 0.3) is 11.5 Å². The number of amides is 1. The summed E-state index contributed by atoms with van der Waals surface area (Å²) in [6, 6.07) is 1.29. The molecule has 0 fully saturated rings. The quantitative estimate of drug-likeness (QED) is 0.520. The van der Waals surface area contributed by atoms with Crippen molar-refractivity contribution < 1.29 is 4.79 Å². The molecule has 5 N–H and O–H groups in total. The summed E-state index contributed by atoms with van der Waals surface area (Å²) in [6.45, 7) is 0.370. The molecule has 1 rings (SSSR count). The maximum Gasteiger partial charge on any atom is 0.284 e. The van der Waals surface area contributed by atoms with Gasteiger partial charge in [0.05, 0.1) is 0 Å². The molecule has 0 atom stereocenters. The maximum atomic E-state index is 10.9. The van der Waals surface area contributed by atoms with Crippen LogP contribution >= 0.6 is 0 Å². The van der Waals surface area contributed by atoms with E-state index in [0.717, 1.165) is 0 Å². The first-order valence-electron chi connectivity index (χ1n) is 3.73. The Morgan fingerprint density at radius 1 is 1.62 bits per heavy atom. The normalized spacial score (nSPS) is 9.92. The lowest BCUT2D eigenvalue weighted by molar-refractivity contribution is 0.0990. The van der Waals surface area contributed by atoms with Gasteiger partial charge < -0.3 is 16.5 Å². The highest BCUT2D eigenvalue weighted by atomic mass is 16.1. The number of primary amides is 1. The molecule has 1 aromatic heterocycles. The van der Waals surface area contributed by atoms with E-state index in [1.807, 2.05) is 0 Å². The van der Waals surface area contributed by atoms with Crippen LogP contribution in [0.4, 0.5) is 0 Å². The van der Waals surface area contributed by atoms with Crippen molar-refractivity contribution in [3.05, 3.63) is 27.9 Å². The van der Waals surface area contributed by atoms with Crippen molar-refractivity contribution in [2.45, 2.75) is 6.42 Å². The van der Waals surface area contributed by atoms with Crippen LogP contribution in [0.1, 0.15) is 16.3 Å². The van der Waals surface area contributed by atoms with Gasteiger partial charge in [0, 0.05) is 18.2 Å². The molecule has 6 heteroatoms. The standard InChI is InChI=1S/C7H10N4O2/c8-2-1-4-3-5(12)11-7(10-4)6(9)13/h3H,1-2,8H2,(H2,9,13)(H,10,11,12). The van der Waals surface area contributed by atoms with Crippen LogP contribution in [0.2, 0.25) is 0 Å². The number of aromatic amines is 1. The molecule has 1 heterocycles. The Hall–Kier alpha value is -1.69. The molecule has 0 spiro atoms. The van der Waals surface area contributed by atoms with E-state index in [0.29, 0.717) is 18.7 Å². The zero-order valence-corrected chi connectivity index (χ0v) is 6.91. The third kappa shape index (κ3) is 2.38. The molecule has 0 aliphatic heterocycles. The topological polar surface area (TPSA) is 115 Å². The summed E-state index contributed by atoms with van der Waals surface area (Å²) in [6.07, 6.45) is 0.449. The molecular weight excluding hydrogens is 172 g/mol. The first kappa shape index (κ1) is 9.40. The van der Waals surface area contributed by atoms with E-state index >= 15 is 0 Å². The molecule has 0 radical (unpaired) electrons. The van der Waals surface area contributed by atoms with Crippen LogP contribution in [0, 0.1) is 0 Å². The zero-order valence-electron chi connectivity index (χ0n) is 6.91. The predicted molar refractivity (Wildman–Crippen MR) is 46.1 cm³/mol. The number of nitrogens with one attached hydrogen (secondary N) is 1. The molecule has 0 aliphatic carbocycles. The third-order valence-corrected chi connectivity index (χ3v) is 1.43. The van der Waals surface area contributed by atoms with Crippen molar-refractivity contribution in [2.75, 3.05) is 6.54 Å². The SMILES string of the molecule is NCCc1cc(=O)[nH]c(C(N)=O)n1. The van der Waals surface area contributed by atoms with Crippen molar-refractivity contribution in [3.63, 3.8) is 0 Å². The van der Waals surface area contributed by atoms with E-state index < -0.39 is 11.5 Å². The van der Waals surface area contributed by atoms with E-state index in [1.54, 1.807) is 0 Å². The van der Waals surface area contributed by atoms with Crippen LogP contribution in [0.25, 0.3) is 0 Å².